The van der Waals surface area contributed by atoms with Crippen molar-refractivity contribution >= 4 is 27.0 Å². The van der Waals surface area contributed by atoms with E-state index in [1.54, 1.807) is 6.07 Å². The minimum absolute atomic E-state index is 0.180. The maximum atomic E-state index is 11.3. The number of hydrogen-bond donors (Lipinski definition) is 1. The molecule has 0 unspecified atom stereocenters. The number of nitrogens with one attached hydrogen (secondary N) is 1. The van der Waals surface area contributed by atoms with Gasteiger partial charge in [0.25, 0.3) is 0 Å². The molecule has 0 spiro atoms. The van der Waals surface area contributed by atoms with Crippen molar-refractivity contribution in [3.8, 4) is 0 Å². The van der Waals surface area contributed by atoms with Gasteiger partial charge in [-0.25, -0.2) is 8.42 Å². The molecule has 2 rings (SSSR count). The molecule has 78 valence electrons. The summed E-state index contributed by atoms with van der Waals surface area (Å²) in [4.78, 5) is 10.8. The van der Waals surface area contributed by atoms with E-state index >= 15 is 0 Å². The molecule has 1 aromatic carbocycles. The van der Waals surface area contributed by atoms with Crippen LogP contribution in [0.5, 0.6) is 0 Å². The Morgan fingerprint density at radius 3 is 2.73 bits per heavy atom. The highest BCUT2D eigenvalue weighted by molar-refractivity contribution is 7.90. The van der Waals surface area contributed by atoms with E-state index in [9.17, 15) is 13.2 Å². The number of carbonyl (C=O) groups excluding carboxylic acids is 1. The van der Waals surface area contributed by atoms with Gasteiger partial charge in [0.1, 0.15) is 5.69 Å². The summed E-state index contributed by atoms with van der Waals surface area (Å²) in [5.74, 6) is 0. The molecular weight excluding hydrogens is 216 g/mol. The molecule has 6 heteroatoms. The van der Waals surface area contributed by atoms with Gasteiger partial charge in [0, 0.05) is 11.6 Å². The number of nitrogens with zero attached hydrogens (tertiary/aromatic N) is 1. The van der Waals surface area contributed by atoms with E-state index in [4.69, 9.17) is 0 Å². The summed E-state index contributed by atoms with van der Waals surface area (Å²) in [5, 5.41) is 6.91. The molecule has 2 aromatic rings. The Morgan fingerprint density at radius 2 is 2.13 bits per heavy atom. The molecule has 0 saturated carbocycles. The van der Waals surface area contributed by atoms with Crippen LogP contribution in [0, 0.1) is 0 Å². The summed E-state index contributed by atoms with van der Waals surface area (Å²) in [6.45, 7) is 0. The normalized spacial score (nSPS) is 11.8. The molecule has 1 aromatic heterocycles. The number of sulfone groups is 1. The lowest BCUT2D eigenvalue weighted by atomic mass is 10.2. The Balaban J connectivity index is 2.79. The first kappa shape index (κ1) is 9.85. The number of rotatable bonds is 2. The molecular formula is C9H8N2O3S. The monoisotopic (exact) mass is 224 g/mol. The van der Waals surface area contributed by atoms with E-state index in [2.05, 4.69) is 10.2 Å². The van der Waals surface area contributed by atoms with Gasteiger partial charge in [-0.1, -0.05) is 0 Å². The van der Waals surface area contributed by atoms with Gasteiger partial charge >= 0.3 is 0 Å². The van der Waals surface area contributed by atoms with Crippen LogP contribution in [0.4, 0.5) is 0 Å². The molecule has 0 aliphatic carbocycles. The van der Waals surface area contributed by atoms with Crippen LogP contribution in [0.3, 0.4) is 0 Å². The van der Waals surface area contributed by atoms with Gasteiger partial charge in [0.15, 0.2) is 16.1 Å². The minimum atomic E-state index is -3.25. The standard InChI is InChI=1S/C9H8N2O3S/c1-15(13,14)6-2-3-8-7(4-6)9(5-12)11-10-8/h2-5H,1H3,(H,10,11). The van der Waals surface area contributed by atoms with Gasteiger partial charge in [-0.15, -0.1) is 0 Å². The number of H-pyrrole nitrogens is 1. The quantitative estimate of drug-likeness (QED) is 0.764. The molecule has 0 fully saturated rings. The second-order valence-corrected chi connectivity index (χ2v) is 5.22. The molecule has 0 aliphatic rings. The fourth-order valence-corrected chi connectivity index (χ4v) is 1.98. The fourth-order valence-electron chi connectivity index (χ4n) is 1.33. The van der Waals surface area contributed by atoms with Gasteiger partial charge < -0.3 is 0 Å². The number of fused-ring (bicyclic) bond motifs is 1. The van der Waals surface area contributed by atoms with E-state index in [1.165, 1.54) is 12.1 Å². The number of hydrogen-bond acceptors (Lipinski definition) is 4. The molecule has 15 heavy (non-hydrogen) atoms. The predicted molar refractivity (Wildman–Crippen MR) is 54.6 cm³/mol. The Labute approximate surface area is 86.0 Å². The third-order valence-electron chi connectivity index (χ3n) is 2.10. The first-order valence-electron chi connectivity index (χ1n) is 4.16. The number of aldehydes is 1. The number of aromatic nitrogens is 2. The Bertz CT molecular complexity index is 628. The highest BCUT2D eigenvalue weighted by atomic mass is 32.2. The van der Waals surface area contributed by atoms with Gasteiger partial charge in [-0.3, -0.25) is 9.89 Å². The van der Waals surface area contributed by atoms with E-state index in [0.29, 0.717) is 17.2 Å². The maximum Gasteiger partial charge on any atom is 0.175 e. The zero-order valence-electron chi connectivity index (χ0n) is 7.89. The molecule has 0 amide bonds. The Hall–Kier alpha value is -1.69. The van der Waals surface area contributed by atoms with Crippen LogP contribution in [-0.2, 0) is 9.84 Å². The Kier molecular flexibility index (Phi) is 2.08. The lowest BCUT2D eigenvalue weighted by molar-refractivity contribution is 0.112. The second kappa shape index (κ2) is 3.16. The third kappa shape index (κ3) is 1.63. The first-order chi connectivity index (χ1) is 7.02. The van der Waals surface area contributed by atoms with E-state index in [-0.39, 0.29) is 10.6 Å². The van der Waals surface area contributed by atoms with Gasteiger partial charge in [0.05, 0.1) is 10.4 Å². The fraction of sp³-hybridized carbons (Fsp3) is 0.111. The van der Waals surface area contributed by atoms with Crippen LogP contribution in [0.2, 0.25) is 0 Å². The van der Waals surface area contributed by atoms with Crippen molar-refractivity contribution in [1.82, 2.24) is 10.2 Å². The van der Waals surface area contributed by atoms with Crippen molar-refractivity contribution in [3.63, 3.8) is 0 Å². The maximum absolute atomic E-state index is 11.3. The van der Waals surface area contributed by atoms with Gasteiger partial charge in [-0.05, 0) is 18.2 Å². The predicted octanol–water partition coefficient (Wildman–Crippen LogP) is 0.779. The summed E-state index contributed by atoms with van der Waals surface area (Å²) in [7, 11) is -3.25. The largest absolute Gasteiger partial charge is 0.296 e. The zero-order valence-corrected chi connectivity index (χ0v) is 8.71. The van der Waals surface area contributed by atoms with Crippen molar-refractivity contribution in [3.05, 3.63) is 23.9 Å². The van der Waals surface area contributed by atoms with Crippen LogP contribution in [0.25, 0.3) is 10.9 Å². The van der Waals surface area contributed by atoms with Crippen LogP contribution in [0.1, 0.15) is 10.5 Å². The molecule has 0 saturated heterocycles. The average molecular weight is 224 g/mol. The summed E-state index contributed by atoms with van der Waals surface area (Å²) < 4.78 is 22.6. The summed E-state index contributed by atoms with van der Waals surface area (Å²) >= 11 is 0. The van der Waals surface area contributed by atoms with Crippen LogP contribution in [0.15, 0.2) is 23.1 Å². The van der Waals surface area contributed by atoms with Crippen LogP contribution >= 0.6 is 0 Å². The molecule has 1 heterocycles. The molecule has 0 atom stereocenters. The van der Waals surface area contributed by atoms with Gasteiger partial charge in [0.2, 0.25) is 0 Å². The summed E-state index contributed by atoms with van der Waals surface area (Å²) in [5.41, 5.74) is 0.861. The average Bonchev–Trinajstić information content (AvgIpc) is 2.57. The summed E-state index contributed by atoms with van der Waals surface area (Å²) in [6, 6.07) is 4.47. The van der Waals surface area contributed by atoms with Crippen molar-refractivity contribution in [2.45, 2.75) is 4.90 Å². The number of benzene rings is 1. The zero-order chi connectivity index (χ0) is 11.1. The third-order valence-corrected chi connectivity index (χ3v) is 3.21. The smallest absolute Gasteiger partial charge is 0.175 e. The van der Waals surface area contributed by atoms with E-state index < -0.39 is 9.84 Å². The van der Waals surface area contributed by atoms with Crippen LogP contribution in [-0.4, -0.2) is 31.2 Å². The highest BCUT2D eigenvalue weighted by Crippen LogP contribution is 2.19. The van der Waals surface area contributed by atoms with E-state index in [0.717, 1.165) is 6.26 Å². The molecule has 0 bridgehead atoms. The second-order valence-electron chi connectivity index (χ2n) is 3.21. The molecule has 5 nitrogen and oxygen atoms in total. The van der Waals surface area contributed by atoms with Crippen molar-refractivity contribution < 1.29 is 13.2 Å². The molecule has 1 N–H and O–H groups in total. The van der Waals surface area contributed by atoms with Crippen LogP contribution < -0.4 is 0 Å². The number of carbonyl (C=O) groups is 1. The summed E-state index contributed by atoms with van der Waals surface area (Å²) in [6.07, 6.45) is 1.73. The highest BCUT2D eigenvalue weighted by Gasteiger charge is 2.10. The minimum Gasteiger partial charge on any atom is -0.296 e. The van der Waals surface area contributed by atoms with E-state index in [1.807, 2.05) is 0 Å². The lowest BCUT2D eigenvalue weighted by Crippen LogP contribution is -1.96. The molecule has 0 radical (unpaired) electrons. The van der Waals surface area contributed by atoms with Crippen molar-refractivity contribution in [2.75, 3.05) is 6.26 Å². The Morgan fingerprint density at radius 1 is 1.40 bits per heavy atom. The SMILES string of the molecule is CS(=O)(=O)c1ccc2n[nH]c(C=O)c2c1. The lowest BCUT2D eigenvalue weighted by Gasteiger charge is -1.97. The van der Waals surface area contributed by atoms with Crippen molar-refractivity contribution in [1.29, 1.82) is 0 Å². The topological polar surface area (TPSA) is 79.9 Å². The molecule has 0 aliphatic heterocycles. The number of aromatic amines is 1. The van der Waals surface area contributed by atoms with Gasteiger partial charge in [-0.2, -0.15) is 5.10 Å². The first-order valence-corrected chi connectivity index (χ1v) is 6.05. The van der Waals surface area contributed by atoms with Crippen molar-refractivity contribution in [2.24, 2.45) is 0 Å².